The van der Waals surface area contributed by atoms with Crippen LogP contribution in [-0.4, -0.2) is 56.8 Å². The summed E-state index contributed by atoms with van der Waals surface area (Å²) in [5.74, 6) is -2.02. The highest BCUT2D eigenvalue weighted by Gasteiger charge is 2.33. The van der Waals surface area contributed by atoms with Gasteiger partial charge in [-0.15, -0.1) is 0 Å². The quantitative estimate of drug-likeness (QED) is 0.618. The number of nitrogens with zero attached hydrogens (tertiary/aromatic N) is 1. The van der Waals surface area contributed by atoms with Crippen molar-refractivity contribution in [2.24, 2.45) is 5.73 Å². The van der Waals surface area contributed by atoms with Gasteiger partial charge in [0.05, 0.1) is 28.6 Å². The zero-order chi connectivity index (χ0) is 20.8. The molecule has 152 valence electrons. The second-order valence-corrected chi connectivity index (χ2v) is 8.56. The van der Waals surface area contributed by atoms with Crippen LogP contribution in [0.5, 0.6) is 0 Å². The zero-order valence-electron chi connectivity index (χ0n) is 14.3. The second kappa shape index (κ2) is 9.38. The van der Waals surface area contributed by atoms with E-state index in [2.05, 4.69) is 5.32 Å². The summed E-state index contributed by atoms with van der Waals surface area (Å²) < 4.78 is 61.9. The van der Waals surface area contributed by atoms with E-state index in [1.54, 1.807) is 0 Å². The molecule has 1 rings (SSSR count). The van der Waals surface area contributed by atoms with E-state index in [4.69, 9.17) is 17.3 Å². The first-order chi connectivity index (χ1) is 12.3. The summed E-state index contributed by atoms with van der Waals surface area (Å²) in [6.07, 6.45) is -4.95. The van der Waals surface area contributed by atoms with Gasteiger partial charge in [0.25, 0.3) is 0 Å². The van der Waals surface area contributed by atoms with Crippen molar-refractivity contribution in [2.45, 2.75) is 12.6 Å². The van der Waals surface area contributed by atoms with Crippen molar-refractivity contribution in [3.63, 3.8) is 0 Å². The van der Waals surface area contributed by atoms with Crippen molar-refractivity contribution >= 4 is 38.9 Å². The van der Waals surface area contributed by atoms with Crippen LogP contribution in [0.15, 0.2) is 18.2 Å². The van der Waals surface area contributed by atoms with Gasteiger partial charge in [-0.3, -0.25) is 14.5 Å². The number of amides is 2. The molecule has 12 heteroatoms. The molecule has 0 aromatic heterocycles. The molecule has 0 aliphatic rings. The Hall–Kier alpha value is -1.85. The number of benzene rings is 1. The normalized spacial score (nSPS) is 12.2. The lowest BCUT2D eigenvalue weighted by atomic mass is 10.2. The lowest BCUT2D eigenvalue weighted by Gasteiger charge is -2.17. The van der Waals surface area contributed by atoms with Crippen LogP contribution in [0.25, 0.3) is 0 Å². The van der Waals surface area contributed by atoms with E-state index in [1.165, 1.54) is 18.0 Å². The topological polar surface area (TPSA) is 110 Å². The summed E-state index contributed by atoms with van der Waals surface area (Å²) in [7, 11) is -2.03. The highest BCUT2D eigenvalue weighted by molar-refractivity contribution is 7.91. The minimum absolute atomic E-state index is 0.00291. The molecule has 0 unspecified atom stereocenters. The molecular weight excluding hydrogens is 411 g/mol. The van der Waals surface area contributed by atoms with Gasteiger partial charge in [-0.2, -0.15) is 13.2 Å². The van der Waals surface area contributed by atoms with Gasteiger partial charge >= 0.3 is 6.18 Å². The zero-order valence-corrected chi connectivity index (χ0v) is 15.9. The molecule has 2 amide bonds. The Bertz CT molecular complexity index is 800. The fourth-order valence-corrected chi connectivity index (χ4v) is 3.53. The number of carbonyl (C=O) groups excluding carboxylic acids is 2. The maximum Gasteiger partial charge on any atom is 0.417 e. The number of anilines is 1. The first kappa shape index (κ1) is 23.2. The fraction of sp³-hybridized carbons (Fsp3) is 0.467. The molecule has 0 fully saturated rings. The number of likely N-dealkylation sites (N-methyl/N-ethyl adjacent to an activating group) is 1. The lowest BCUT2D eigenvalue weighted by Crippen LogP contribution is -2.34. The molecule has 0 bridgehead atoms. The third kappa shape index (κ3) is 8.59. The maximum atomic E-state index is 12.8. The summed E-state index contributed by atoms with van der Waals surface area (Å²) in [6, 6.07) is 2.97. The number of alkyl halides is 3. The molecule has 0 saturated heterocycles. The lowest BCUT2D eigenvalue weighted by molar-refractivity contribution is -0.137. The predicted molar refractivity (Wildman–Crippen MR) is 95.0 cm³/mol. The summed E-state index contributed by atoms with van der Waals surface area (Å²) >= 11 is 5.50. The molecule has 0 aliphatic carbocycles. The molecule has 0 spiro atoms. The average Bonchev–Trinajstić information content (AvgIpc) is 2.52. The van der Waals surface area contributed by atoms with Crippen LogP contribution < -0.4 is 11.1 Å². The highest BCUT2D eigenvalue weighted by atomic mass is 35.5. The Kier molecular flexibility index (Phi) is 8.05. The molecule has 3 N–H and O–H groups in total. The van der Waals surface area contributed by atoms with Gasteiger partial charge in [-0.25, -0.2) is 8.42 Å². The Labute approximate surface area is 159 Å². The summed E-state index contributed by atoms with van der Waals surface area (Å²) in [5, 5.41) is 1.81. The van der Waals surface area contributed by atoms with Crippen LogP contribution in [-0.2, 0) is 25.6 Å². The third-order valence-corrected chi connectivity index (χ3v) is 5.37. The minimum atomic E-state index is -4.66. The van der Waals surface area contributed by atoms with Gasteiger partial charge in [0.15, 0.2) is 9.84 Å². The number of primary amides is 1. The predicted octanol–water partition coefficient (Wildman–Crippen LogP) is 1.52. The molecule has 1 aromatic rings. The van der Waals surface area contributed by atoms with E-state index in [0.29, 0.717) is 6.07 Å². The number of hydrogen-bond acceptors (Lipinski definition) is 5. The first-order valence-corrected chi connectivity index (χ1v) is 9.84. The van der Waals surface area contributed by atoms with Gasteiger partial charge in [-0.1, -0.05) is 11.6 Å². The fourth-order valence-electron chi connectivity index (χ4n) is 2.00. The van der Waals surface area contributed by atoms with Crippen molar-refractivity contribution in [2.75, 3.05) is 37.0 Å². The number of hydrogen-bond donors (Lipinski definition) is 2. The highest BCUT2D eigenvalue weighted by Crippen LogP contribution is 2.36. The molecular formula is C15H19ClF3N3O4S. The Morgan fingerprint density at radius 2 is 1.89 bits per heavy atom. The molecule has 1 aromatic carbocycles. The first-order valence-electron chi connectivity index (χ1n) is 7.64. The van der Waals surface area contributed by atoms with Gasteiger partial charge in [-0.05, 0) is 25.2 Å². The molecule has 0 heterocycles. The largest absolute Gasteiger partial charge is 0.417 e. The van der Waals surface area contributed by atoms with Crippen LogP contribution in [0, 0.1) is 0 Å². The van der Waals surface area contributed by atoms with Crippen LogP contribution in [0.2, 0.25) is 5.02 Å². The molecule has 7 nitrogen and oxygen atoms in total. The monoisotopic (exact) mass is 429 g/mol. The second-order valence-electron chi connectivity index (χ2n) is 5.85. The molecule has 0 aliphatic heterocycles. The summed E-state index contributed by atoms with van der Waals surface area (Å²) in [4.78, 5) is 23.9. The van der Waals surface area contributed by atoms with E-state index >= 15 is 0 Å². The standard InChI is InChI=1S/C15H19ClF3N3O4S/c1-22(5-7-27(25,26)6-4-13(20)23)9-14(24)21-10-2-3-12(16)11(8-10)15(17,18)19/h2-3,8H,4-7,9H2,1H3,(H2,20,23)(H,21,24). The minimum Gasteiger partial charge on any atom is -0.370 e. The number of nitrogens with one attached hydrogen (secondary N) is 1. The number of rotatable bonds is 9. The van der Waals surface area contributed by atoms with Crippen molar-refractivity contribution < 1.29 is 31.2 Å². The van der Waals surface area contributed by atoms with E-state index in [1.807, 2.05) is 0 Å². The van der Waals surface area contributed by atoms with E-state index < -0.39 is 38.4 Å². The van der Waals surface area contributed by atoms with Crippen LogP contribution in [0.1, 0.15) is 12.0 Å². The van der Waals surface area contributed by atoms with E-state index in [0.717, 1.165) is 6.07 Å². The van der Waals surface area contributed by atoms with Crippen LogP contribution >= 0.6 is 11.6 Å². The van der Waals surface area contributed by atoms with Crippen molar-refractivity contribution in [1.82, 2.24) is 4.90 Å². The van der Waals surface area contributed by atoms with E-state index in [-0.39, 0.29) is 36.7 Å². The Morgan fingerprint density at radius 3 is 2.44 bits per heavy atom. The maximum absolute atomic E-state index is 12.8. The smallest absolute Gasteiger partial charge is 0.370 e. The van der Waals surface area contributed by atoms with Gasteiger partial charge < -0.3 is 11.1 Å². The number of carbonyl (C=O) groups is 2. The van der Waals surface area contributed by atoms with Crippen molar-refractivity contribution in [3.05, 3.63) is 28.8 Å². The number of sulfone groups is 1. The summed E-state index contributed by atoms with van der Waals surface area (Å²) in [5.41, 5.74) is 3.74. The van der Waals surface area contributed by atoms with E-state index in [9.17, 15) is 31.2 Å². The molecule has 27 heavy (non-hydrogen) atoms. The third-order valence-electron chi connectivity index (χ3n) is 3.41. The Balaban J connectivity index is 2.58. The van der Waals surface area contributed by atoms with Gasteiger partial charge in [0.2, 0.25) is 11.8 Å². The molecule has 0 atom stereocenters. The Morgan fingerprint density at radius 1 is 1.26 bits per heavy atom. The van der Waals surface area contributed by atoms with Crippen molar-refractivity contribution in [3.8, 4) is 0 Å². The SMILES string of the molecule is CN(CCS(=O)(=O)CCC(N)=O)CC(=O)Nc1ccc(Cl)c(C(F)(F)F)c1. The average molecular weight is 430 g/mol. The van der Waals surface area contributed by atoms with Gasteiger partial charge in [0, 0.05) is 18.7 Å². The number of halogens is 4. The van der Waals surface area contributed by atoms with Crippen LogP contribution in [0.4, 0.5) is 18.9 Å². The molecule has 0 radical (unpaired) electrons. The van der Waals surface area contributed by atoms with Crippen LogP contribution in [0.3, 0.4) is 0 Å². The number of nitrogens with two attached hydrogens (primary N) is 1. The summed E-state index contributed by atoms with van der Waals surface area (Å²) in [6.45, 7) is -0.238. The van der Waals surface area contributed by atoms with Crippen molar-refractivity contribution in [1.29, 1.82) is 0 Å². The molecule has 0 saturated carbocycles. The van der Waals surface area contributed by atoms with Gasteiger partial charge in [0.1, 0.15) is 0 Å².